The average Bonchev–Trinajstić information content (AvgIpc) is 2.96. The fraction of sp³-hybridized carbons (Fsp3) is 0.455. The number of nitrogens with zero attached hydrogens (tertiary/aromatic N) is 2. The van der Waals surface area contributed by atoms with Gasteiger partial charge in [0.15, 0.2) is 0 Å². The van der Waals surface area contributed by atoms with Gasteiger partial charge in [0.25, 0.3) is 0 Å². The van der Waals surface area contributed by atoms with E-state index in [1.165, 1.54) is 60.3 Å². The second-order valence-electron chi connectivity index (χ2n) is 10.7. The van der Waals surface area contributed by atoms with Crippen LogP contribution in [0, 0.1) is 0 Å². The number of piperidine rings is 1. The zero-order valence-corrected chi connectivity index (χ0v) is 23.0. The number of aromatic hydroxyl groups is 1. The van der Waals surface area contributed by atoms with E-state index in [2.05, 4.69) is 65.3 Å². The predicted molar refractivity (Wildman–Crippen MR) is 155 cm³/mol. The number of fused-ring (bicyclic) bond motifs is 1. The first-order valence-corrected chi connectivity index (χ1v) is 14.3. The van der Waals surface area contributed by atoms with E-state index in [9.17, 15) is 5.11 Å². The van der Waals surface area contributed by atoms with Gasteiger partial charge in [-0.3, -0.25) is 4.90 Å². The summed E-state index contributed by atoms with van der Waals surface area (Å²) in [4.78, 5) is 4.97. The van der Waals surface area contributed by atoms with Crippen molar-refractivity contribution < 1.29 is 14.6 Å². The second-order valence-corrected chi connectivity index (χ2v) is 10.7. The van der Waals surface area contributed by atoms with Gasteiger partial charge in [-0.05, 0) is 111 Å². The molecule has 2 aliphatic rings. The van der Waals surface area contributed by atoms with Gasteiger partial charge in [-0.1, -0.05) is 30.7 Å². The van der Waals surface area contributed by atoms with Crippen LogP contribution in [-0.2, 0) is 19.4 Å². The molecule has 0 saturated carbocycles. The molecule has 0 bridgehead atoms. The first-order chi connectivity index (χ1) is 18.6. The molecule has 5 nitrogen and oxygen atoms in total. The SMILES string of the molecule is CCN(Cc1ccc(OCCN2CCCCC2)cc1)c1cc(OC)ccc1[C@H]1CCc2cc(O)ccc2C1. The minimum Gasteiger partial charge on any atom is -0.508 e. The molecule has 3 aromatic carbocycles. The third-order valence-electron chi connectivity index (χ3n) is 8.24. The number of anilines is 1. The smallest absolute Gasteiger partial charge is 0.120 e. The summed E-state index contributed by atoms with van der Waals surface area (Å²) in [7, 11) is 1.74. The Labute approximate surface area is 228 Å². The molecule has 1 N–H and O–H groups in total. The first kappa shape index (κ1) is 26.4. The fourth-order valence-electron chi connectivity index (χ4n) is 6.03. The third kappa shape index (κ3) is 6.44. The molecule has 38 heavy (non-hydrogen) atoms. The Hall–Kier alpha value is -3.18. The van der Waals surface area contributed by atoms with Gasteiger partial charge in [-0.2, -0.15) is 0 Å². The van der Waals surface area contributed by atoms with Crippen LogP contribution >= 0.6 is 0 Å². The molecular weight excluding hydrogens is 472 g/mol. The molecule has 3 aromatic rings. The highest BCUT2D eigenvalue weighted by Gasteiger charge is 2.24. The number of methoxy groups -OCH3 is 1. The molecule has 1 saturated heterocycles. The molecule has 0 unspecified atom stereocenters. The summed E-state index contributed by atoms with van der Waals surface area (Å²) in [5.74, 6) is 2.64. The van der Waals surface area contributed by atoms with Crippen LogP contribution in [0.5, 0.6) is 17.2 Å². The van der Waals surface area contributed by atoms with Crippen molar-refractivity contribution in [3.63, 3.8) is 0 Å². The molecule has 1 atom stereocenters. The number of rotatable bonds is 10. The Morgan fingerprint density at radius 1 is 0.921 bits per heavy atom. The summed E-state index contributed by atoms with van der Waals surface area (Å²) in [6.45, 7) is 8.14. The molecule has 5 rings (SSSR count). The maximum atomic E-state index is 9.90. The van der Waals surface area contributed by atoms with Gasteiger partial charge < -0.3 is 19.5 Å². The van der Waals surface area contributed by atoms with Crippen molar-refractivity contribution >= 4 is 5.69 Å². The lowest BCUT2D eigenvalue weighted by Crippen LogP contribution is -2.33. The topological polar surface area (TPSA) is 45.2 Å². The largest absolute Gasteiger partial charge is 0.508 e. The molecule has 202 valence electrons. The lowest BCUT2D eigenvalue weighted by molar-refractivity contribution is 0.183. The number of benzene rings is 3. The Morgan fingerprint density at radius 2 is 1.71 bits per heavy atom. The highest BCUT2D eigenvalue weighted by Crippen LogP contribution is 2.40. The average molecular weight is 515 g/mol. The lowest BCUT2D eigenvalue weighted by atomic mass is 9.79. The van der Waals surface area contributed by atoms with Gasteiger partial charge in [0.1, 0.15) is 23.9 Å². The van der Waals surface area contributed by atoms with E-state index in [0.717, 1.165) is 57.0 Å². The van der Waals surface area contributed by atoms with E-state index in [-0.39, 0.29) is 0 Å². The van der Waals surface area contributed by atoms with Gasteiger partial charge in [-0.25, -0.2) is 0 Å². The summed E-state index contributed by atoms with van der Waals surface area (Å²) in [5.41, 5.74) is 6.53. The first-order valence-electron chi connectivity index (χ1n) is 14.3. The number of hydrogen-bond acceptors (Lipinski definition) is 5. The summed E-state index contributed by atoms with van der Waals surface area (Å²) in [6.07, 6.45) is 7.06. The highest BCUT2D eigenvalue weighted by atomic mass is 16.5. The van der Waals surface area contributed by atoms with Crippen molar-refractivity contribution in [2.24, 2.45) is 0 Å². The molecule has 1 fully saturated rings. The molecule has 1 heterocycles. The molecule has 0 amide bonds. The van der Waals surface area contributed by atoms with Crippen molar-refractivity contribution in [3.8, 4) is 17.2 Å². The Morgan fingerprint density at radius 3 is 2.47 bits per heavy atom. The van der Waals surface area contributed by atoms with E-state index in [4.69, 9.17) is 9.47 Å². The Bertz CT molecular complexity index is 1190. The predicted octanol–water partition coefficient (Wildman–Crippen LogP) is 6.56. The normalized spacial score (nSPS) is 17.6. The highest BCUT2D eigenvalue weighted by molar-refractivity contribution is 5.60. The number of likely N-dealkylation sites (tertiary alicyclic amines) is 1. The second kappa shape index (κ2) is 12.6. The van der Waals surface area contributed by atoms with E-state index < -0.39 is 0 Å². The van der Waals surface area contributed by atoms with E-state index in [0.29, 0.717) is 11.7 Å². The monoisotopic (exact) mass is 514 g/mol. The Balaban J connectivity index is 1.27. The zero-order valence-electron chi connectivity index (χ0n) is 23.0. The van der Waals surface area contributed by atoms with Crippen molar-refractivity contribution in [1.82, 2.24) is 4.90 Å². The minimum absolute atomic E-state index is 0.364. The van der Waals surface area contributed by atoms with Crippen LogP contribution < -0.4 is 14.4 Å². The van der Waals surface area contributed by atoms with E-state index in [1.54, 1.807) is 7.11 Å². The van der Waals surface area contributed by atoms with Crippen molar-refractivity contribution in [2.75, 3.05) is 44.8 Å². The van der Waals surface area contributed by atoms with Crippen molar-refractivity contribution in [2.45, 2.75) is 57.9 Å². The number of hydrogen-bond donors (Lipinski definition) is 1. The van der Waals surface area contributed by atoms with Crippen LogP contribution in [0.25, 0.3) is 0 Å². The van der Waals surface area contributed by atoms with E-state index in [1.807, 2.05) is 12.1 Å². The zero-order chi connectivity index (χ0) is 26.3. The molecule has 0 spiro atoms. The molecule has 0 radical (unpaired) electrons. The summed E-state index contributed by atoms with van der Waals surface area (Å²) in [5, 5.41) is 9.90. The summed E-state index contributed by atoms with van der Waals surface area (Å²) < 4.78 is 11.7. The van der Waals surface area contributed by atoms with Crippen molar-refractivity contribution in [1.29, 1.82) is 0 Å². The lowest BCUT2D eigenvalue weighted by Gasteiger charge is -2.32. The standard InChI is InChI=1S/C33H42N2O3/c1-3-35(24-25-7-13-30(14-8-25)38-20-19-34-17-5-4-6-18-34)33-23-31(37-2)15-16-32(33)28-10-9-27-22-29(36)12-11-26(27)21-28/h7-8,11-16,22-23,28,36H,3-6,9-10,17-21,24H2,1-2H3/t28-/m0/s1. The minimum atomic E-state index is 0.364. The maximum Gasteiger partial charge on any atom is 0.120 e. The number of ether oxygens (including phenoxy) is 2. The van der Waals surface area contributed by atoms with Crippen LogP contribution in [0.3, 0.4) is 0 Å². The van der Waals surface area contributed by atoms with Gasteiger partial charge in [0.2, 0.25) is 0 Å². The summed E-state index contributed by atoms with van der Waals surface area (Å²) >= 11 is 0. The molecule has 1 aliphatic heterocycles. The van der Waals surface area contributed by atoms with Gasteiger partial charge in [0.05, 0.1) is 7.11 Å². The number of phenols is 1. The quantitative estimate of drug-likeness (QED) is 0.332. The summed E-state index contributed by atoms with van der Waals surface area (Å²) in [6, 6.07) is 21.0. The number of phenolic OH excluding ortho intramolecular Hbond substituents is 1. The van der Waals surface area contributed by atoms with Crippen LogP contribution in [0.15, 0.2) is 60.7 Å². The molecule has 0 aromatic heterocycles. The molecule has 1 aliphatic carbocycles. The molecule has 5 heteroatoms. The van der Waals surface area contributed by atoms with Crippen LogP contribution in [0.2, 0.25) is 0 Å². The third-order valence-corrected chi connectivity index (χ3v) is 8.24. The Kier molecular flexibility index (Phi) is 8.75. The maximum absolute atomic E-state index is 9.90. The van der Waals surface area contributed by atoms with Crippen LogP contribution in [0.4, 0.5) is 5.69 Å². The molecular formula is C33H42N2O3. The van der Waals surface area contributed by atoms with E-state index >= 15 is 0 Å². The van der Waals surface area contributed by atoms with Gasteiger partial charge in [-0.15, -0.1) is 0 Å². The van der Waals surface area contributed by atoms with Gasteiger partial charge >= 0.3 is 0 Å². The van der Waals surface area contributed by atoms with Crippen molar-refractivity contribution in [3.05, 3.63) is 82.9 Å². The number of aryl methyl sites for hydroxylation is 1. The fourth-order valence-corrected chi connectivity index (χ4v) is 6.03. The van der Waals surface area contributed by atoms with Gasteiger partial charge in [0, 0.05) is 31.4 Å². The van der Waals surface area contributed by atoms with Crippen LogP contribution in [-0.4, -0.2) is 49.9 Å². The van der Waals surface area contributed by atoms with Crippen LogP contribution in [0.1, 0.15) is 60.8 Å².